The van der Waals surface area contributed by atoms with Crippen LogP contribution in [-0.4, -0.2) is 35.5 Å². The van der Waals surface area contributed by atoms with E-state index in [2.05, 4.69) is 22.8 Å². The van der Waals surface area contributed by atoms with E-state index in [1.54, 1.807) is 12.1 Å². The van der Waals surface area contributed by atoms with Crippen LogP contribution in [0.25, 0.3) is 0 Å². The number of amides is 2. The largest absolute Gasteiger partial charge is 0.357 e. The van der Waals surface area contributed by atoms with Crippen molar-refractivity contribution in [3.63, 3.8) is 0 Å². The molecule has 0 fully saturated rings. The quantitative estimate of drug-likeness (QED) is 0.248. The van der Waals surface area contributed by atoms with Gasteiger partial charge in [-0.1, -0.05) is 99.1 Å². The zero-order valence-electron chi connectivity index (χ0n) is 23.0. The van der Waals surface area contributed by atoms with Gasteiger partial charge in [0.2, 0.25) is 19.2 Å². The van der Waals surface area contributed by atoms with E-state index in [9.17, 15) is 19.0 Å². The van der Waals surface area contributed by atoms with Crippen molar-refractivity contribution in [2.24, 2.45) is 5.41 Å². The van der Waals surface area contributed by atoms with Crippen molar-refractivity contribution in [3.05, 3.63) is 106 Å². The van der Waals surface area contributed by atoms with Crippen molar-refractivity contribution in [2.45, 2.75) is 57.9 Å². The second-order valence-electron chi connectivity index (χ2n) is 11.0. The van der Waals surface area contributed by atoms with Gasteiger partial charge in [-0.05, 0) is 59.1 Å². The number of carbonyl (C=O) groups excluding carboxylic acids is 2. The van der Waals surface area contributed by atoms with Crippen LogP contribution in [0.1, 0.15) is 49.4 Å². The Morgan fingerprint density at radius 2 is 1.38 bits per heavy atom. The zero-order valence-corrected chi connectivity index (χ0v) is 24.6. The summed E-state index contributed by atoms with van der Waals surface area (Å²) >= 11 is 6.00. The van der Waals surface area contributed by atoms with Gasteiger partial charge in [-0.3, -0.25) is 14.2 Å². The normalized spacial score (nSPS) is 14.6. The molecule has 39 heavy (non-hydrogen) atoms. The second kappa shape index (κ2) is 13.4. The maximum absolute atomic E-state index is 13.8. The number of rotatable bonds is 11. The van der Waals surface area contributed by atoms with Crippen LogP contribution in [-0.2, 0) is 33.2 Å². The number of hydrogen-bond acceptors (Lipinski definition) is 3. The molecule has 0 aliphatic carbocycles. The number of carbonyl (C=O) groups is 2. The van der Waals surface area contributed by atoms with E-state index < -0.39 is 30.4 Å². The summed E-state index contributed by atoms with van der Waals surface area (Å²) in [4.78, 5) is 37.4. The van der Waals surface area contributed by atoms with Crippen molar-refractivity contribution in [3.8, 4) is 0 Å². The van der Waals surface area contributed by atoms with E-state index in [1.807, 2.05) is 75.4 Å². The molecule has 0 bridgehead atoms. The summed E-state index contributed by atoms with van der Waals surface area (Å²) in [5.41, 5.74) is 2.08. The molecule has 3 N–H and O–H groups in total. The van der Waals surface area contributed by atoms with Gasteiger partial charge in [0.25, 0.3) is 0 Å². The molecule has 0 aliphatic rings. The van der Waals surface area contributed by atoms with Crippen LogP contribution in [0.2, 0.25) is 5.02 Å². The lowest BCUT2D eigenvalue weighted by atomic mass is 9.86. The lowest BCUT2D eigenvalue weighted by molar-refractivity contribution is -0.131. The van der Waals surface area contributed by atoms with Gasteiger partial charge in [0, 0.05) is 12.1 Å². The smallest absolute Gasteiger partial charge is 0.242 e. The number of hydrogen-bond donors (Lipinski definition) is 3. The lowest BCUT2D eigenvalue weighted by Crippen LogP contribution is -2.55. The fraction of sp³-hybridized carbons (Fsp3) is 0.355. The number of aryl methyl sites for hydroxylation is 1. The molecule has 0 spiro atoms. The molecule has 3 rings (SSSR count). The predicted octanol–water partition coefficient (Wildman–Crippen LogP) is 5.98. The van der Waals surface area contributed by atoms with Gasteiger partial charge in [0.15, 0.2) is 0 Å². The molecular weight excluding hydrogens is 531 g/mol. The fourth-order valence-corrected chi connectivity index (χ4v) is 6.55. The molecule has 6 nitrogen and oxygen atoms in total. The van der Waals surface area contributed by atoms with E-state index >= 15 is 0 Å². The van der Waals surface area contributed by atoms with Crippen LogP contribution in [0.3, 0.4) is 0 Å². The van der Waals surface area contributed by atoms with Crippen LogP contribution in [0.15, 0.2) is 78.9 Å². The maximum atomic E-state index is 13.8. The summed E-state index contributed by atoms with van der Waals surface area (Å²) in [6, 6.07) is 24.0. The minimum absolute atomic E-state index is 0.141. The summed E-state index contributed by atoms with van der Waals surface area (Å²) in [6.07, 6.45) is 1.18. The molecule has 208 valence electrons. The highest BCUT2D eigenvalue weighted by molar-refractivity contribution is 7.59. The number of halogens is 1. The molecule has 0 aliphatic heterocycles. The Labute approximate surface area is 236 Å². The molecule has 2 amide bonds. The summed E-state index contributed by atoms with van der Waals surface area (Å²) in [5, 5.41) is 5.95. The highest BCUT2D eigenvalue weighted by atomic mass is 35.5. The van der Waals surface area contributed by atoms with Crippen molar-refractivity contribution in [2.75, 3.05) is 7.05 Å². The molecule has 0 saturated heterocycles. The third-order valence-electron chi connectivity index (χ3n) is 6.75. The molecule has 3 aromatic carbocycles. The summed E-state index contributed by atoms with van der Waals surface area (Å²) in [6.45, 7) is 5.52. The highest BCUT2D eigenvalue weighted by Crippen LogP contribution is 2.51. The Balaban J connectivity index is 1.82. The Bertz CT molecular complexity index is 1290. The molecule has 0 aromatic heterocycles. The molecule has 0 radical (unpaired) electrons. The van der Waals surface area contributed by atoms with Crippen LogP contribution in [0.5, 0.6) is 0 Å². The third kappa shape index (κ3) is 9.06. The van der Waals surface area contributed by atoms with Crippen LogP contribution >= 0.6 is 19.0 Å². The number of benzene rings is 3. The van der Waals surface area contributed by atoms with Gasteiger partial charge in [0.1, 0.15) is 11.7 Å². The van der Waals surface area contributed by atoms with Crippen molar-refractivity contribution in [1.82, 2.24) is 10.6 Å². The summed E-state index contributed by atoms with van der Waals surface area (Å²) in [5.74, 6) is -0.951. The number of nitrogens with one attached hydrogen (secondary N) is 2. The predicted molar refractivity (Wildman–Crippen MR) is 158 cm³/mol. The molecule has 0 heterocycles. The van der Waals surface area contributed by atoms with E-state index in [0.29, 0.717) is 17.0 Å². The zero-order chi connectivity index (χ0) is 28.6. The topological polar surface area (TPSA) is 95.5 Å². The summed E-state index contributed by atoms with van der Waals surface area (Å²) < 4.78 is 13.8. The van der Waals surface area contributed by atoms with Gasteiger partial charge in [-0.2, -0.15) is 0 Å². The second-order valence-corrected chi connectivity index (χ2v) is 13.9. The third-order valence-corrected chi connectivity index (χ3v) is 9.29. The SMILES string of the molecule is CNC(=O)[C@@H](NC(=O)C(CCc1ccc(Cl)cc1)P(=O)(O)Cc1ccc(Cc2ccccc2)cc1)C(C)(C)C. The van der Waals surface area contributed by atoms with Crippen LogP contribution in [0.4, 0.5) is 0 Å². The molecular formula is C31H38ClN2O4P. The Morgan fingerprint density at radius 1 is 0.846 bits per heavy atom. The minimum Gasteiger partial charge on any atom is -0.357 e. The van der Waals surface area contributed by atoms with E-state index in [1.165, 1.54) is 12.6 Å². The monoisotopic (exact) mass is 568 g/mol. The van der Waals surface area contributed by atoms with Crippen molar-refractivity contribution >= 4 is 30.8 Å². The Hall–Kier alpha value is -2.92. The average Bonchev–Trinajstić information content (AvgIpc) is 2.89. The highest BCUT2D eigenvalue weighted by Gasteiger charge is 2.40. The van der Waals surface area contributed by atoms with Crippen molar-refractivity contribution < 1.29 is 19.0 Å². The van der Waals surface area contributed by atoms with Gasteiger partial charge in [-0.25, -0.2) is 0 Å². The van der Waals surface area contributed by atoms with Gasteiger partial charge >= 0.3 is 0 Å². The van der Waals surface area contributed by atoms with E-state index in [0.717, 1.165) is 17.5 Å². The first-order valence-electron chi connectivity index (χ1n) is 13.1. The Kier molecular flexibility index (Phi) is 10.5. The standard InChI is InChI=1S/C31H38ClN2O4P/c1-31(2,3)28(30(36)33-4)34-29(35)27(19-16-22-14-17-26(32)18-15-22)39(37,38)21-25-12-10-24(11-13-25)20-23-8-6-5-7-9-23/h5-15,17-18,27-28H,16,19-21H2,1-4H3,(H,33,36)(H,34,35)(H,37,38)/t27?,28-/m1/s1. The van der Waals surface area contributed by atoms with Crippen molar-refractivity contribution in [1.29, 1.82) is 0 Å². The first-order valence-corrected chi connectivity index (χ1v) is 15.4. The maximum Gasteiger partial charge on any atom is 0.242 e. The Morgan fingerprint density at radius 3 is 1.95 bits per heavy atom. The number of likely N-dealkylation sites (N-methyl/N-ethyl adjacent to an activating group) is 1. The molecule has 3 atom stereocenters. The van der Waals surface area contributed by atoms with Crippen LogP contribution in [0, 0.1) is 5.41 Å². The molecule has 0 saturated carbocycles. The van der Waals surface area contributed by atoms with Gasteiger partial charge in [0.05, 0.1) is 6.16 Å². The fourth-order valence-electron chi connectivity index (χ4n) is 4.49. The first-order chi connectivity index (χ1) is 18.4. The summed E-state index contributed by atoms with van der Waals surface area (Å²) in [7, 11) is -2.52. The molecule has 2 unspecified atom stereocenters. The minimum atomic E-state index is -4.03. The first kappa shape index (κ1) is 30.6. The van der Waals surface area contributed by atoms with E-state index in [4.69, 9.17) is 11.6 Å². The molecule has 3 aromatic rings. The average molecular weight is 569 g/mol. The van der Waals surface area contributed by atoms with E-state index in [-0.39, 0.29) is 18.5 Å². The lowest BCUT2D eigenvalue weighted by Gasteiger charge is -2.32. The van der Waals surface area contributed by atoms with Gasteiger partial charge < -0.3 is 15.5 Å². The van der Waals surface area contributed by atoms with Crippen LogP contribution < -0.4 is 10.6 Å². The molecule has 8 heteroatoms. The van der Waals surface area contributed by atoms with Gasteiger partial charge in [-0.15, -0.1) is 0 Å².